The van der Waals surface area contributed by atoms with Gasteiger partial charge in [-0.1, -0.05) is 0 Å². The molecule has 5 heteroatoms. The van der Waals surface area contributed by atoms with Gasteiger partial charge < -0.3 is 10.1 Å². The van der Waals surface area contributed by atoms with Gasteiger partial charge in [-0.25, -0.2) is 0 Å². The highest BCUT2D eigenvalue weighted by molar-refractivity contribution is 4.89. The molecule has 0 saturated carbocycles. The maximum absolute atomic E-state index is 5.50. The van der Waals surface area contributed by atoms with Crippen molar-refractivity contribution in [3.05, 3.63) is 11.9 Å². The van der Waals surface area contributed by atoms with Gasteiger partial charge in [-0.05, 0) is 0 Å². The zero-order chi connectivity index (χ0) is 8.39. The summed E-state index contributed by atoms with van der Waals surface area (Å²) in [5.74, 6) is 0. The van der Waals surface area contributed by atoms with Crippen LogP contribution in [0.4, 0.5) is 0 Å². The quantitative estimate of drug-likeness (QED) is 0.648. The second kappa shape index (κ2) is 3.20. The van der Waals surface area contributed by atoms with E-state index in [0.717, 1.165) is 18.8 Å². The van der Waals surface area contributed by atoms with Crippen LogP contribution in [0.3, 0.4) is 0 Å². The second-order valence-electron chi connectivity index (χ2n) is 2.92. The average molecular weight is 168 g/mol. The van der Waals surface area contributed by atoms with Crippen molar-refractivity contribution in [2.45, 2.75) is 12.7 Å². The van der Waals surface area contributed by atoms with Gasteiger partial charge in [-0.3, -0.25) is 0 Å². The molecule has 0 aliphatic carbocycles. The van der Waals surface area contributed by atoms with Gasteiger partial charge in [0.25, 0.3) is 0 Å². The molecule has 0 bridgehead atoms. The van der Waals surface area contributed by atoms with E-state index in [1.54, 1.807) is 13.2 Å². The molecule has 2 heterocycles. The third-order valence-corrected chi connectivity index (χ3v) is 1.86. The van der Waals surface area contributed by atoms with Crippen LogP contribution in [0.5, 0.6) is 0 Å². The Hall–Kier alpha value is -0.940. The van der Waals surface area contributed by atoms with Crippen molar-refractivity contribution in [2.24, 2.45) is 7.05 Å². The van der Waals surface area contributed by atoms with Gasteiger partial charge in [0, 0.05) is 20.1 Å². The summed E-state index contributed by atoms with van der Waals surface area (Å²) in [5.41, 5.74) is 0.893. The summed E-state index contributed by atoms with van der Waals surface area (Å²) < 4.78 is 5.50. The number of hydrogen-bond donors (Lipinski definition) is 1. The molecule has 1 aliphatic heterocycles. The number of rotatable bonds is 3. The van der Waals surface area contributed by atoms with Crippen LogP contribution in [0, 0.1) is 0 Å². The first-order chi connectivity index (χ1) is 5.84. The summed E-state index contributed by atoms with van der Waals surface area (Å²) in [6, 6.07) is 0. The fourth-order valence-corrected chi connectivity index (χ4v) is 1.04. The Balaban J connectivity index is 1.79. The highest BCUT2D eigenvalue weighted by Gasteiger charge is 2.17. The standard InChI is InChI=1S/C7H12N4O/c1-11-9-2-6(10-11)5-12-7-3-8-4-7/h2,7-8H,3-5H2,1H3. The molecule has 5 nitrogen and oxygen atoms in total. The van der Waals surface area contributed by atoms with Crippen molar-refractivity contribution in [2.75, 3.05) is 13.1 Å². The number of nitrogens with zero attached hydrogens (tertiary/aromatic N) is 3. The van der Waals surface area contributed by atoms with E-state index < -0.39 is 0 Å². The predicted octanol–water partition coefficient (Wildman–Crippen LogP) is -0.696. The van der Waals surface area contributed by atoms with Crippen molar-refractivity contribution < 1.29 is 4.74 Å². The Morgan fingerprint density at radius 3 is 3.08 bits per heavy atom. The molecule has 1 aromatic heterocycles. The summed E-state index contributed by atoms with van der Waals surface area (Å²) >= 11 is 0. The topological polar surface area (TPSA) is 52.0 Å². The maximum atomic E-state index is 5.50. The summed E-state index contributed by atoms with van der Waals surface area (Å²) in [6.45, 7) is 2.49. The zero-order valence-electron chi connectivity index (χ0n) is 7.03. The largest absolute Gasteiger partial charge is 0.369 e. The van der Waals surface area contributed by atoms with Gasteiger partial charge in [0.2, 0.25) is 0 Å². The molecule has 1 saturated heterocycles. The Labute approximate surface area is 70.7 Å². The highest BCUT2D eigenvalue weighted by Crippen LogP contribution is 2.02. The van der Waals surface area contributed by atoms with Gasteiger partial charge in [-0.2, -0.15) is 15.0 Å². The molecule has 12 heavy (non-hydrogen) atoms. The van der Waals surface area contributed by atoms with Crippen molar-refractivity contribution >= 4 is 0 Å². The normalized spacial score (nSPS) is 17.8. The molecule has 2 rings (SSSR count). The molecule has 0 aromatic carbocycles. The van der Waals surface area contributed by atoms with Crippen LogP contribution in [0.15, 0.2) is 6.20 Å². The van der Waals surface area contributed by atoms with E-state index in [1.807, 2.05) is 0 Å². The van der Waals surface area contributed by atoms with E-state index in [-0.39, 0.29) is 0 Å². The lowest BCUT2D eigenvalue weighted by molar-refractivity contribution is 0.00588. The highest BCUT2D eigenvalue weighted by atomic mass is 16.5. The van der Waals surface area contributed by atoms with E-state index >= 15 is 0 Å². The van der Waals surface area contributed by atoms with E-state index in [9.17, 15) is 0 Å². The van der Waals surface area contributed by atoms with Crippen LogP contribution in [-0.2, 0) is 18.4 Å². The number of nitrogens with one attached hydrogen (secondary N) is 1. The number of hydrogen-bond acceptors (Lipinski definition) is 4. The number of aryl methyl sites for hydroxylation is 1. The summed E-state index contributed by atoms with van der Waals surface area (Å²) in [4.78, 5) is 1.54. The van der Waals surface area contributed by atoms with Crippen molar-refractivity contribution in [3.63, 3.8) is 0 Å². The second-order valence-corrected chi connectivity index (χ2v) is 2.92. The molecule has 0 unspecified atom stereocenters. The van der Waals surface area contributed by atoms with Gasteiger partial charge >= 0.3 is 0 Å². The van der Waals surface area contributed by atoms with E-state index in [0.29, 0.717) is 12.7 Å². The molecule has 66 valence electrons. The molecule has 0 spiro atoms. The smallest absolute Gasteiger partial charge is 0.108 e. The van der Waals surface area contributed by atoms with Crippen LogP contribution >= 0.6 is 0 Å². The first-order valence-electron chi connectivity index (χ1n) is 4.02. The Bertz CT molecular complexity index is 256. The Morgan fingerprint density at radius 1 is 1.75 bits per heavy atom. The van der Waals surface area contributed by atoms with Crippen LogP contribution in [0.1, 0.15) is 5.69 Å². The summed E-state index contributed by atoms with van der Waals surface area (Å²) in [7, 11) is 1.80. The van der Waals surface area contributed by atoms with E-state index in [1.165, 1.54) is 4.80 Å². The summed E-state index contributed by atoms with van der Waals surface area (Å²) in [5, 5.41) is 11.2. The molecular weight excluding hydrogens is 156 g/mol. The number of ether oxygens (including phenoxy) is 1. The Morgan fingerprint density at radius 2 is 2.58 bits per heavy atom. The van der Waals surface area contributed by atoms with Crippen LogP contribution < -0.4 is 5.32 Å². The SMILES string of the molecule is Cn1ncc(COC2CNC2)n1. The minimum Gasteiger partial charge on any atom is -0.369 e. The molecule has 0 atom stereocenters. The van der Waals surface area contributed by atoms with Crippen molar-refractivity contribution in [1.29, 1.82) is 0 Å². The number of aromatic nitrogens is 3. The molecule has 0 radical (unpaired) electrons. The van der Waals surface area contributed by atoms with Gasteiger partial charge in [0.05, 0.1) is 18.9 Å². The summed E-state index contributed by atoms with van der Waals surface area (Å²) in [6.07, 6.45) is 2.10. The first-order valence-corrected chi connectivity index (χ1v) is 4.02. The van der Waals surface area contributed by atoms with Gasteiger partial charge in [0.15, 0.2) is 0 Å². The third-order valence-electron chi connectivity index (χ3n) is 1.86. The molecular formula is C7H12N4O. The lowest BCUT2D eigenvalue weighted by atomic mass is 10.2. The molecule has 1 N–H and O–H groups in total. The minimum absolute atomic E-state index is 0.368. The Kier molecular flexibility index (Phi) is 2.05. The van der Waals surface area contributed by atoms with E-state index in [4.69, 9.17) is 4.74 Å². The van der Waals surface area contributed by atoms with Crippen LogP contribution in [-0.4, -0.2) is 34.2 Å². The fraction of sp³-hybridized carbons (Fsp3) is 0.714. The molecule has 1 fully saturated rings. The minimum atomic E-state index is 0.368. The molecule has 1 aromatic rings. The molecule has 0 amide bonds. The fourth-order valence-electron chi connectivity index (χ4n) is 1.04. The zero-order valence-corrected chi connectivity index (χ0v) is 7.03. The van der Waals surface area contributed by atoms with Crippen LogP contribution in [0.25, 0.3) is 0 Å². The van der Waals surface area contributed by atoms with Crippen molar-refractivity contribution in [1.82, 2.24) is 20.3 Å². The lowest BCUT2D eigenvalue weighted by Crippen LogP contribution is -2.48. The third kappa shape index (κ3) is 1.62. The molecule has 1 aliphatic rings. The van der Waals surface area contributed by atoms with Crippen molar-refractivity contribution in [3.8, 4) is 0 Å². The average Bonchev–Trinajstić information content (AvgIpc) is 2.32. The van der Waals surface area contributed by atoms with Gasteiger partial charge in [0.1, 0.15) is 5.69 Å². The van der Waals surface area contributed by atoms with E-state index in [2.05, 4.69) is 15.5 Å². The maximum Gasteiger partial charge on any atom is 0.108 e. The van der Waals surface area contributed by atoms with Crippen LogP contribution in [0.2, 0.25) is 0 Å². The predicted molar refractivity (Wildman–Crippen MR) is 42.4 cm³/mol. The monoisotopic (exact) mass is 168 g/mol. The lowest BCUT2D eigenvalue weighted by Gasteiger charge is -2.26. The first kappa shape index (κ1) is 7.70. The van der Waals surface area contributed by atoms with Gasteiger partial charge in [-0.15, -0.1) is 0 Å².